The van der Waals surface area contributed by atoms with Crippen molar-refractivity contribution in [3.63, 3.8) is 0 Å². The molecule has 1 saturated heterocycles. The van der Waals surface area contributed by atoms with Crippen LogP contribution in [-0.2, 0) is 17.9 Å². The van der Waals surface area contributed by atoms with E-state index in [1.165, 1.54) is 22.3 Å². The minimum atomic E-state index is -0.109. The van der Waals surface area contributed by atoms with Crippen molar-refractivity contribution in [3.8, 4) is 5.75 Å². The number of halogens is 1. The summed E-state index contributed by atoms with van der Waals surface area (Å²) in [7, 11) is 1.71. The van der Waals surface area contributed by atoms with Gasteiger partial charge in [0, 0.05) is 43.8 Å². The summed E-state index contributed by atoms with van der Waals surface area (Å²) in [6.45, 7) is 12.2. The molecule has 0 aromatic heterocycles. The summed E-state index contributed by atoms with van der Waals surface area (Å²) in [5, 5.41) is 4.45. The first-order valence-corrected chi connectivity index (χ1v) is 11.9. The predicted molar refractivity (Wildman–Crippen MR) is 131 cm³/mol. The van der Waals surface area contributed by atoms with E-state index < -0.39 is 0 Å². The van der Waals surface area contributed by atoms with E-state index >= 15 is 0 Å². The van der Waals surface area contributed by atoms with Crippen molar-refractivity contribution >= 4 is 17.5 Å². The fourth-order valence-electron chi connectivity index (χ4n) is 4.57. The molecule has 2 aromatic rings. The third-order valence-corrected chi connectivity index (χ3v) is 6.97. The van der Waals surface area contributed by atoms with Crippen molar-refractivity contribution in [1.82, 2.24) is 15.1 Å². The van der Waals surface area contributed by atoms with Gasteiger partial charge >= 0.3 is 0 Å². The van der Waals surface area contributed by atoms with Crippen LogP contribution in [-0.4, -0.2) is 54.5 Å². The number of methoxy groups -OCH3 is 1. The van der Waals surface area contributed by atoms with E-state index in [0.29, 0.717) is 0 Å². The molecular formula is C26H36ClN3O2. The minimum Gasteiger partial charge on any atom is -0.496 e. The fraction of sp³-hybridized carbons (Fsp3) is 0.500. The number of likely N-dealkylation sites (N-methyl/N-ethyl adjacent to an activating group) is 1. The molecule has 1 amide bonds. The zero-order chi connectivity index (χ0) is 23.3. The number of rotatable bonds is 9. The number of ether oxygens (including phenoxy) is 1. The van der Waals surface area contributed by atoms with Crippen LogP contribution in [0, 0.1) is 13.8 Å². The lowest BCUT2D eigenvalue weighted by molar-refractivity contribution is -0.135. The van der Waals surface area contributed by atoms with Gasteiger partial charge in [0.05, 0.1) is 13.2 Å². The smallest absolute Gasteiger partial charge is 0.239 e. The van der Waals surface area contributed by atoms with Crippen LogP contribution in [0.25, 0.3) is 0 Å². The van der Waals surface area contributed by atoms with Gasteiger partial charge < -0.3 is 15.0 Å². The molecule has 0 saturated carbocycles. The van der Waals surface area contributed by atoms with Gasteiger partial charge in [-0.1, -0.05) is 29.8 Å². The number of carbonyl (C=O) groups is 1. The molecule has 0 spiro atoms. The summed E-state index contributed by atoms with van der Waals surface area (Å²) in [5.74, 6) is 1.15. The van der Waals surface area contributed by atoms with Gasteiger partial charge in [-0.25, -0.2) is 0 Å². The molecule has 1 aliphatic heterocycles. The molecule has 2 aromatic carbocycles. The highest BCUT2D eigenvalue weighted by Crippen LogP contribution is 2.26. The topological polar surface area (TPSA) is 44.8 Å². The van der Waals surface area contributed by atoms with Crippen molar-refractivity contribution in [1.29, 1.82) is 0 Å². The lowest BCUT2D eigenvalue weighted by Gasteiger charge is -2.28. The minimum absolute atomic E-state index is 0.109. The second-order valence-electron chi connectivity index (χ2n) is 8.57. The Hall–Kier alpha value is -2.08. The lowest BCUT2D eigenvalue weighted by Crippen LogP contribution is -2.45. The maximum absolute atomic E-state index is 13.3. The van der Waals surface area contributed by atoms with Gasteiger partial charge in [0.15, 0.2) is 0 Å². The van der Waals surface area contributed by atoms with Crippen molar-refractivity contribution in [2.75, 3.05) is 26.7 Å². The van der Waals surface area contributed by atoms with Crippen molar-refractivity contribution < 1.29 is 9.53 Å². The van der Waals surface area contributed by atoms with E-state index in [4.69, 9.17) is 16.3 Å². The molecule has 5 nitrogen and oxygen atoms in total. The number of hydrogen-bond donors (Lipinski definition) is 1. The molecular weight excluding hydrogens is 422 g/mol. The predicted octanol–water partition coefficient (Wildman–Crippen LogP) is 4.57. The van der Waals surface area contributed by atoms with Crippen LogP contribution in [0.2, 0.25) is 5.02 Å². The van der Waals surface area contributed by atoms with Gasteiger partial charge in [-0.2, -0.15) is 0 Å². The van der Waals surface area contributed by atoms with Crippen LogP contribution in [0.4, 0.5) is 0 Å². The van der Waals surface area contributed by atoms with Gasteiger partial charge in [0.2, 0.25) is 5.91 Å². The molecule has 0 radical (unpaired) electrons. The molecule has 2 atom stereocenters. The summed E-state index contributed by atoms with van der Waals surface area (Å²) < 4.78 is 5.44. The maximum atomic E-state index is 13.3. The van der Waals surface area contributed by atoms with E-state index in [-0.39, 0.29) is 18.0 Å². The second kappa shape index (κ2) is 11.2. The number of nitrogens with one attached hydrogen (secondary N) is 1. The lowest BCUT2D eigenvalue weighted by atomic mass is 10.0. The average Bonchev–Trinajstić information content (AvgIpc) is 3.19. The van der Waals surface area contributed by atoms with Gasteiger partial charge in [-0.05, 0) is 74.6 Å². The van der Waals surface area contributed by atoms with Crippen LogP contribution in [0.1, 0.15) is 42.5 Å². The number of carbonyl (C=O) groups excluding carboxylic acids is 1. The zero-order valence-corrected chi connectivity index (χ0v) is 20.7. The zero-order valence-electron chi connectivity index (χ0n) is 20.0. The van der Waals surface area contributed by atoms with Crippen LogP contribution in [0.3, 0.4) is 0 Å². The Bertz CT molecular complexity index is 912. The Kier molecular flexibility index (Phi) is 8.57. The first-order chi connectivity index (χ1) is 15.4. The van der Waals surface area contributed by atoms with Crippen LogP contribution in [0.5, 0.6) is 5.75 Å². The first-order valence-electron chi connectivity index (χ1n) is 11.5. The maximum Gasteiger partial charge on any atom is 0.239 e. The normalized spacial score (nSPS) is 18.7. The second-order valence-corrected chi connectivity index (χ2v) is 9.01. The molecule has 0 bridgehead atoms. The summed E-state index contributed by atoms with van der Waals surface area (Å²) in [5.41, 5.74) is 4.88. The Morgan fingerprint density at radius 1 is 1.12 bits per heavy atom. The van der Waals surface area contributed by atoms with Gasteiger partial charge in [0.1, 0.15) is 5.75 Å². The molecule has 1 N–H and O–H groups in total. The number of hydrogen-bond acceptors (Lipinski definition) is 4. The summed E-state index contributed by atoms with van der Waals surface area (Å²) in [4.78, 5) is 17.5. The molecule has 1 heterocycles. The Labute approximate surface area is 197 Å². The first kappa shape index (κ1) is 24.6. The molecule has 0 aliphatic carbocycles. The highest BCUT2D eigenvalue weighted by atomic mass is 35.5. The fourth-order valence-corrected chi connectivity index (χ4v) is 4.70. The Morgan fingerprint density at radius 2 is 1.81 bits per heavy atom. The van der Waals surface area contributed by atoms with Gasteiger partial charge in [-0.3, -0.25) is 9.69 Å². The van der Waals surface area contributed by atoms with E-state index in [2.05, 4.69) is 30.1 Å². The van der Waals surface area contributed by atoms with Crippen LogP contribution in [0.15, 0.2) is 36.4 Å². The monoisotopic (exact) mass is 457 g/mol. The number of nitrogens with zero attached hydrogens (tertiary/aromatic N) is 2. The number of likely N-dealkylation sites (tertiary alicyclic amines) is 1. The Balaban J connectivity index is 1.73. The summed E-state index contributed by atoms with van der Waals surface area (Å²) >= 11 is 6.06. The highest BCUT2D eigenvalue weighted by molar-refractivity contribution is 6.30. The van der Waals surface area contributed by atoms with E-state index in [1.54, 1.807) is 7.11 Å². The van der Waals surface area contributed by atoms with E-state index in [1.807, 2.05) is 49.1 Å². The van der Waals surface area contributed by atoms with Crippen molar-refractivity contribution in [3.05, 3.63) is 63.7 Å². The molecule has 0 unspecified atom stereocenters. The van der Waals surface area contributed by atoms with Crippen LogP contribution < -0.4 is 10.1 Å². The summed E-state index contributed by atoms with van der Waals surface area (Å²) in [6, 6.07) is 12.2. The molecule has 32 heavy (non-hydrogen) atoms. The SMILES string of the molecule is CCN(CC)C(=O)[C@@H]1C[C@@H](NCc2ccc(OC)c(C)c2C)CN1Cc1ccc(Cl)cc1. The summed E-state index contributed by atoms with van der Waals surface area (Å²) in [6.07, 6.45) is 0.817. The molecule has 1 aliphatic rings. The molecule has 174 valence electrons. The molecule has 3 rings (SSSR count). The van der Waals surface area contributed by atoms with Gasteiger partial charge in [0.25, 0.3) is 0 Å². The van der Waals surface area contributed by atoms with Crippen LogP contribution >= 0.6 is 11.6 Å². The van der Waals surface area contributed by atoms with Crippen molar-refractivity contribution in [2.24, 2.45) is 0 Å². The number of benzene rings is 2. The molecule has 6 heteroatoms. The Morgan fingerprint density at radius 3 is 2.44 bits per heavy atom. The standard InChI is InChI=1S/C26H36ClN3O2/c1-6-29(7-2)26(31)24-14-23(17-30(24)16-20-8-11-22(27)12-9-20)28-15-21-10-13-25(32-5)19(4)18(21)3/h8-13,23-24,28H,6-7,14-17H2,1-5H3/t23-,24+/m1/s1. The largest absolute Gasteiger partial charge is 0.496 e. The van der Waals surface area contributed by atoms with E-state index in [9.17, 15) is 4.79 Å². The quantitative estimate of drug-likeness (QED) is 0.599. The molecule has 1 fully saturated rings. The van der Waals surface area contributed by atoms with Crippen molar-refractivity contribution in [2.45, 2.75) is 59.3 Å². The van der Waals surface area contributed by atoms with E-state index in [0.717, 1.165) is 49.9 Å². The van der Waals surface area contributed by atoms with Gasteiger partial charge in [-0.15, -0.1) is 0 Å². The third kappa shape index (κ3) is 5.64. The average molecular weight is 458 g/mol. The highest BCUT2D eigenvalue weighted by Gasteiger charge is 2.38. The third-order valence-electron chi connectivity index (χ3n) is 6.71. The number of amides is 1.